The number of rotatable bonds is 4. The lowest BCUT2D eigenvalue weighted by molar-refractivity contribution is -0.384. The minimum absolute atomic E-state index is 0.0688. The zero-order valence-electron chi connectivity index (χ0n) is 9.60. The van der Waals surface area contributed by atoms with Crippen LogP contribution in [0, 0.1) is 10.1 Å². The molecule has 1 fully saturated rings. The van der Waals surface area contributed by atoms with E-state index in [1.165, 1.54) is 12.1 Å². The maximum absolute atomic E-state index is 10.7. The highest BCUT2D eigenvalue weighted by molar-refractivity contribution is 5.62. The second kappa shape index (κ2) is 5.01. The first-order chi connectivity index (χ1) is 8.20. The van der Waals surface area contributed by atoms with E-state index >= 15 is 0 Å². The van der Waals surface area contributed by atoms with Crippen LogP contribution in [0.5, 0.6) is 5.75 Å². The predicted molar refractivity (Wildman–Crippen MR) is 64.5 cm³/mol. The number of nitro benzene ring substituents is 1. The summed E-state index contributed by atoms with van der Waals surface area (Å²) in [4.78, 5) is 10.3. The molecule has 0 aromatic heterocycles. The third-order valence-corrected chi connectivity index (χ3v) is 2.81. The van der Waals surface area contributed by atoms with E-state index in [1.807, 2.05) is 0 Å². The monoisotopic (exact) mass is 237 g/mol. The third-order valence-electron chi connectivity index (χ3n) is 2.81. The van der Waals surface area contributed by atoms with Crippen LogP contribution in [0.2, 0.25) is 0 Å². The number of nitrogens with one attached hydrogen (secondary N) is 2. The Hall–Kier alpha value is -1.82. The largest absolute Gasteiger partial charge is 0.495 e. The van der Waals surface area contributed by atoms with Crippen LogP contribution in [-0.2, 0) is 0 Å². The average Bonchev–Trinajstić information content (AvgIpc) is 2.81. The van der Waals surface area contributed by atoms with Crippen LogP contribution >= 0.6 is 0 Å². The Morgan fingerprint density at radius 1 is 1.59 bits per heavy atom. The van der Waals surface area contributed by atoms with Crippen molar-refractivity contribution in [3.8, 4) is 5.75 Å². The lowest BCUT2D eigenvalue weighted by Gasteiger charge is -2.15. The summed E-state index contributed by atoms with van der Waals surface area (Å²) in [6.45, 7) is 1.83. The van der Waals surface area contributed by atoms with E-state index in [0.29, 0.717) is 17.5 Å². The van der Waals surface area contributed by atoms with E-state index in [4.69, 9.17) is 4.74 Å². The van der Waals surface area contributed by atoms with E-state index in [0.717, 1.165) is 19.5 Å². The molecule has 1 aliphatic rings. The molecule has 2 rings (SSSR count). The SMILES string of the molecule is COc1ccc([N+](=O)[O-])cc1NC1CCNC1. The van der Waals surface area contributed by atoms with Crippen molar-refractivity contribution in [2.45, 2.75) is 12.5 Å². The number of benzene rings is 1. The minimum Gasteiger partial charge on any atom is -0.495 e. The number of non-ortho nitro benzene ring substituents is 1. The lowest BCUT2D eigenvalue weighted by atomic mass is 10.2. The summed E-state index contributed by atoms with van der Waals surface area (Å²) in [5.41, 5.74) is 0.745. The quantitative estimate of drug-likeness (QED) is 0.611. The first-order valence-electron chi connectivity index (χ1n) is 5.50. The second-order valence-corrected chi connectivity index (χ2v) is 3.98. The molecule has 1 atom stereocenters. The highest BCUT2D eigenvalue weighted by Crippen LogP contribution is 2.29. The van der Waals surface area contributed by atoms with Crippen molar-refractivity contribution in [2.75, 3.05) is 25.5 Å². The van der Waals surface area contributed by atoms with Gasteiger partial charge in [0.2, 0.25) is 0 Å². The topological polar surface area (TPSA) is 76.4 Å². The highest BCUT2D eigenvalue weighted by Gasteiger charge is 2.17. The Balaban J connectivity index is 2.21. The molecule has 0 bridgehead atoms. The van der Waals surface area contributed by atoms with Crippen molar-refractivity contribution in [1.82, 2.24) is 5.32 Å². The number of nitrogens with zero attached hydrogens (tertiary/aromatic N) is 1. The van der Waals surface area contributed by atoms with Gasteiger partial charge in [0.1, 0.15) is 5.75 Å². The second-order valence-electron chi connectivity index (χ2n) is 3.98. The maximum Gasteiger partial charge on any atom is 0.271 e. The zero-order valence-corrected chi connectivity index (χ0v) is 9.60. The third kappa shape index (κ3) is 2.65. The lowest BCUT2D eigenvalue weighted by Crippen LogP contribution is -2.22. The summed E-state index contributed by atoms with van der Waals surface area (Å²) < 4.78 is 5.18. The maximum atomic E-state index is 10.7. The number of nitro groups is 1. The summed E-state index contributed by atoms with van der Waals surface area (Å²) in [7, 11) is 1.55. The van der Waals surface area contributed by atoms with Gasteiger partial charge in [-0.05, 0) is 19.0 Å². The summed E-state index contributed by atoms with van der Waals surface area (Å²) in [5.74, 6) is 0.627. The van der Waals surface area contributed by atoms with Crippen LogP contribution in [-0.4, -0.2) is 31.2 Å². The van der Waals surface area contributed by atoms with Crippen LogP contribution < -0.4 is 15.4 Å². The fourth-order valence-corrected chi connectivity index (χ4v) is 1.92. The van der Waals surface area contributed by atoms with Gasteiger partial charge in [-0.3, -0.25) is 10.1 Å². The predicted octanol–water partition coefficient (Wildman–Crippen LogP) is 1.38. The van der Waals surface area contributed by atoms with Gasteiger partial charge in [0.25, 0.3) is 5.69 Å². The molecule has 1 saturated heterocycles. The molecule has 0 amide bonds. The molecular formula is C11H15N3O3. The summed E-state index contributed by atoms with van der Waals surface area (Å²) in [5, 5.41) is 17.2. The van der Waals surface area contributed by atoms with Crippen molar-refractivity contribution >= 4 is 11.4 Å². The molecule has 6 heteroatoms. The molecule has 6 nitrogen and oxygen atoms in total. The zero-order chi connectivity index (χ0) is 12.3. The van der Waals surface area contributed by atoms with Gasteiger partial charge < -0.3 is 15.4 Å². The number of ether oxygens (including phenoxy) is 1. The average molecular weight is 237 g/mol. The van der Waals surface area contributed by atoms with Gasteiger partial charge in [-0.2, -0.15) is 0 Å². The Morgan fingerprint density at radius 2 is 2.41 bits per heavy atom. The summed E-state index contributed by atoms with van der Waals surface area (Å²) in [6.07, 6.45) is 1.01. The summed E-state index contributed by atoms with van der Waals surface area (Å²) in [6, 6.07) is 4.86. The molecule has 1 aliphatic heterocycles. The molecule has 0 saturated carbocycles. The van der Waals surface area contributed by atoms with Gasteiger partial charge in [-0.25, -0.2) is 0 Å². The number of methoxy groups -OCH3 is 1. The fourth-order valence-electron chi connectivity index (χ4n) is 1.92. The van der Waals surface area contributed by atoms with Crippen LogP contribution in [0.4, 0.5) is 11.4 Å². The molecular weight excluding hydrogens is 222 g/mol. The Bertz CT molecular complexity index is 416. The van der Waals surface area contributed by atoms with Crippen LogP contribution in [0.25, 0.3) is 0 Å². The van der Waals surface area contributed by atoms with Gasteiger partial charge in [0, 0.05) is 24.7 Å². The number of hydrogen-bond acceptors (Lipinski definition) is 5. The van der Waals surface area contributed by atoms with Crippen molar-refractivity contribution < 1.29 is 9.66 Å². The molecule has 92 valence electrons. The van der Waals surface area contributed by atoms with E-state index < -0.39 is 4.92 Å². The summed E-state index contributed by atoms with van der Waals surface area (Å²) >= 11 is 0. The van der Waals surface area contributed by atoms with Gasteiger partial charge >= 0.3 is 0 Å². The normalized spacial score (nSPS) is 19.0. The standard InChI is InChI=1S/C11H15N3O3/c1-17-11-3-2-9(14(15)16)6-10(11)13-8-4-5-12-7-8/h2-3,6,8,12-13H,4-5,7H2,1H3. The highest BCUT2D eigenvalue weighted by atomic mass is 16.6. The number of hydrogen-bond donors (Lipinski definition) is 2. The van der Waals surface area contributed by atoms with E-state index in [2.05, 4.69) is 10.6 Å². The van der Waals surface area contributed by atoms with Crippen molar-refractivity contribution in [3.63, 3.8) is 0 Å². The Kier molecular flexibility index (Phi) is 3.43. The van der Waals surface area contributed by atoms with Crippen LogP contribution in [0.3, 0.4) is 0 Å². The van der Waals surface area contributed by atoms with E-state index in [-0.39, 0.29) is 5.69 Å². The van der Waals surface area contributed by atoms with Crippen LogP contribution in [0.15, 0.2) is 18.2 Å². The number of anilines is 1. The minimum atomic E-state index is -0.405. The van der Waals surface area contributed by atoms with Gasteiger partial charge in [0.05, 0.1) is 17.7 Å². The van der Waals surface area contributed by atoms with Gasteiger partial charge in [-0.1, -0.05) is 0 Å². The van der Waals surface area contributed by atoms with Gasteiger partial charge in [0.15, 0.2) is 0 Å². The first kappa shape index (κ1) is 11.7. The van der Waals surface area contributed by atoms with Crippen molar-refractivity contribution in [3.05, 3.63) is 28.3 Å². The molecule has 1 aromatic carbocycles. The van der Waals surface area contributed by atoms with Crippen molar-refractivity contribution in [1.29, 1.82) is 0 Å². The van der Waals surface area contributed by atoms with Gasteiger partial charge in [-0.15, -0.1) is 0 Å². The first-order valence-corrected chi connectivity index (χ1v) is 5.50. The molecule has 0 spiro atoms. The molecule has 0 radical (unpaired) electrons. The molecule has 0 aliphatic carbocycles. The molecule has 1 heterocycles. The van der Waals surface area contributed by atoms with E-state index in [1.54, 1.807) is 13.2 Å². The molecule has 1 aromatic rings. The van der Waals surface area contributed by atoms with Crippen molar-refractivity contribution in [2.24, 2.45) is 0 Å². The Morgan fingerprint density at radius 3 is 3.00 bits per heavy atom. The van der Waals surface area contributed by atoms with Crippen LogP contribution in [0.1, 0.15) is 6.42 Å². The van der Waals surface area contributed by atoms with E-state index in [9.17, 15) is 10.1 Å². The Labute approximate surface area is 99.1 Å². The molecule has 1 unspecified atom stereocenters. The molecule has 2 N–H and O–H groups in total. The fraction of sp³-hybridized carbons (Fsp3) is 0.455. The smallest absolute Gasteiger partial charge is 0.271 e. The molecule has 17 heavy (non-hydrogen) atoms.